The van der Waals surface area contributed by atoms with E-state index in [1.807, 2.05) is 42.5 Å². The molecule has 0 fully saturated rings. The summed E-state index contributed by atoms with van der Waals surface area (Å²) in [5.74, 6) is 0.0780. The lowest BCUT2D eigenvalue weighted by Gasteiger charge is -2.26. The first kappa shape index (κ1) is 17.7. The molecule has 5 nitrogen and oxygen atoms in total. The van der Waals surface area contributed by atoms with Crippen LogP contribution in [0.5, 0.6) is 11.5 Å². The Balaban J connectivity index is 2.06. The average molecular weight is 373 g/mol. The number of carbonyl (C=O) groups is 1. The first-order valence-electron chi connectivity index (χ1n) is 9.00. The third kappa shape index (κ3) is 2.87. The van der Waals surface area contributed by atoms with Gasteiger partial charge >= 0.3 is 6.09 Å². The molecule has 0 aliphatic heterocycles. The predicted octanol–water partition coefficient (Wildman–Crippen LogP) is 5.70. The van der Waals surface area contributed by atoms with Gasteiger partial charge in [0.05, 0.1) is 12.3 Å². The number of nitrogens with zero attached hydrogens (tertiary/aromatic N) is 1. The van der Waals surface area contributed by atoms with Crippen LogP contribution in [0.15, 0.2) is 72.8 Å². The lowest BCUT2D eigenvalue weighted by molar-refractivity contribution is 0.162. The highest BCUT2D eigenvalue weighted by Crippen LogP contribution is 2.43. The van der Waals surface area contributed by atoms with Gasteiger partial charge in [-0.1, -0.05) is 54.6 Å². The molecule has 0 heterocycles. The summed E-state index contributed by atoms with van der Waals surface area (Å²) in [7, 11) is 0. The van der Waals surface area contributed by atoms with Gasteiger partial charge in [0.25, 0.3) is 0 Å². The number of ether oxygens (including phenoxy) is 1. The fourth-order valence-electron chi connectivity index (χ4n) is 3.44. The lowest BCUT2D eigenvalue weighted by atomic mass is 10.0. The van der Waals surface area contributed by atoms with E-state index < -0.39 is 6.09 Å². The van der Waals surface area contributed by atoms with Crippen molar-refractivity contribution in [2.75, 3.05) is 11.5 Å². The number of rotatable bonds is 3. The Morgan fingerprint density at radius 2 is 1.46 bits per heavy atom. The molecule has 1 amide bonds. The van der Waals surface area contributed by atoms with Crippen molar-refractivity contribution in [2.24, 2.45) is 0 Å². The smallest absolute Gasteiger partial charge is 0.419 e. The van der Waals surface area contributed by atoms with Crippen molar-refractivity contribution in [1.82, 2.24) is 0 Å². The number of carbonyl (C=O) groups excluding carboxylic acids is 1. The van der Waals surface area contributed by atoms with Crippen LogP contribution in [0.3, 0.4) is 0 Å². The minimum absolute atomic E-state index is 0.0380. The monoisotopic (exact) mass is 373 g/mol. The molecule has 28 heavy (non-hydrogen) atoms. The summed E-state index contributed by atoms with van der Waals surface area (Å²) >= 11 is 0. The van der Waals surface area contributed by atoms with Gasteiger partial charge in [0.1, 0.15) is 17.2 Å². The molecule has 0 saturated heterocycles. The van der Waals surface area contributed by atoms with E-state index in [0.717, 1.165) is 5.39 Å². The number of phenolic OH excluding ortho intramolecular Hbond substituents is 2. The molecule has 0 radical (unpaired) electrons. The number of hydrogen-bond donors (Lipinski definition) is 2. The van der Waals surface area contributed by atoms with Crippen LogP contribution in [-0.4, -0.2) is 22.9 Å². The second-order valence-electron chi connectivity index (χ2n) is 6.34. The molecule has 0 saturated carbocycles. The summed E-state index contributed by atoms with van der Waals surface area (Å²) in [6, 6.07) is 21.3. The molecule has 0 bridgehead atoms. The Hall–Kier alpha value is -3.73. The van der Waals surface area contributed by atoms with E-state index in [4.69, 9.17) is 4.74 Å². The Morgan fingerprint density at radius 3 is 2.21 bits per heavy atom. The lowest BCUT2D eigenvalue weighted by Crippen LogP contribution is -2.27. The van der Waals surface area contributed by atoms with Gasteiger partial charge in [0.2, 0.25) is 0 Å². The summed E-state index contributed by atoms with van der Waals surface area (Å²) in [5, 5.41) is 23.8. The molecule has 4 aromatic rings. The van der Waals surface area contributed by atoms with Gasteiger partial charge < -0.3 is 14.9 Å². The Kier molecular flexibility index (Phi) is 4.49. The maximum atomic E-state index is 13.0. The largest absolute Gasteiger partial charge is 0.507 e. The van der Waals surface area contributed by atoms with Crippen LogP contribution in [0.4, 0.5) is 16.2 Å². The van der Waals surface area contributed by atoms with Crippen molar-refractivity contribution in [3.05, 3.63) is 72.8 Å². The van der Waals surface area contributed by atoms with Gasteiger partial charge in [-0.3, -0.25) is 0 Å². The number of hydrogen-bond acceptors (Lipinski definition) is 4. The van der Waals surface area contributed by atoms with E-state index in [1.165, 1.54) is 11.0 Å². The normalized spacial score (nSPS) is 10.9. The van der Waals surface area contributed by atoms with Crippen molar-refractivity contribution in [3.63, 3.8) is 0 Å². The molecule has 5 heteroatoms. The standard InChI is InChI=1S/C23H19NO4/c1-2-28-23(27)24(19-12-14-20(25)18-10-6-5-9-17(18)19)22-16-8-4-3-7-15(16)11-13-21(22)26/h3-14,25-26H,2H2,1H3. The molecule has 4 rings (SSSR count). The minimum atomic E-state index is -0.606. The molecule has 0 spiro atoms. The van der Waals surface area contributed by atoms with Crippen molar-refractivity contribution in [1.29, 1.82) is 0 Å². The predicted molar refractivity (Wildman–Crippen MR) is 110 cm³/mol. The van der Waals surface area contributed by atoms with Gasteiger partial charge in [-0.2, -0.15) is 0 Å². The molecule has 2 N–H and O–H groups in total. The van der Waals surface area contributed by atoms with E-state index in [2.05, 4.69) is 0 Å². The van der Waals surface area contributed by atoms with E-state index in [9.17, 15) is 15.0 Å². The first-order chi connectivity index (χ1) is 13.6. The topological polar surface area (TPSA) is 70.0 Å². The van der Waals surface area contributed by atoms with Crippen molar-refractivity contribution < 1.29 is 19.7 Å². The van der Waals surface area contributed by atoms with Gasteiger partial charge in [-0.25, -0.2) is 9.69 Å². The number of amides is 1. The van der Waals surface area contributed by atoms with Crippen LogP contribution < -0.4 is 4.90 Å². The quantitative estimate of drug-likeness (QED) is 0.483. The zero-order chi connectivity index (χ0) is 19.7. The molecular weight excluding hydrogens is 354 g/mol. The minimum Gasteiger partial charge on any atom is -0.507 e. The fourth-order valence-corrected chi connectivity index (χ4v) is 3.44. The molecule has 4 aromatic carbocycles. The van der Waals surface area contributed by atoms with Gasteiger partial charge in [0.15, 0.2) is 0 Å². The van der Waals surface area contributed by atoms with Crippen LogP contribution in [0, 0.1) is 0 Å². The Labute approximate surface area is 162 Å². The average Bonchev–Trinajstić information content (AvgIpc) is 2.72. The second-order valence-corrected chi connectivity index (χ2v) is 6.34. The van der Waals surface area contributed by atoms with Crippen LogP contribution in [0.2, 0.25) is 0 Å². The van der Waals surface area contributed by atoms with Crippen molar-refractivity contribution in [3.8, 4) is 11.5 Å². The Morgan fingerprint density at radius 1 is 0.821 bits per heavy atom. The highest BCUT2D eigenvalue weighted by atomic mass is 16.6. The number of fused-ring (bicyclic) bond motifs is 2. The third-order valence-electron chi connectivity index (χ3n) is 4.67. The van der Waals surface area contributed by atoms with Gasteiger partial charge in [0, 0.05) is 16.2 Å². The first-order valence-corrected chi connectivity index (χ1v) is 9.00. The van der Waals surface area contributed by atoms with E-state index in [-0.39, 0.29) is 18.1 Å². The summed E-state index contributed by atoms with van der Waals surface area (Å²) < 4.78 is 5.31. The summed E-state index contributed by atoms with van der Waals surface area (Å²) in [6.45, 7) is 1.92. The molecule has 0 atom stereocenters. The second kappa shape index (κ2) is 7.12. The summed E-state index contributed by atoms with van der Waals surface area (Å²) in [4.78, 5) is 14.4. The van der Waals surface area contributed by atoms with E-state index >= 15 is 0 Å². The summed E-state index contributed by atoms with van der Waals surface area (Å²) in [5.41, 5.74) is 0.853. The van der Waals surface area contributed by atoms with Crippen LogP contribution in [0.25, 0.3) is 21.5 Å². The van der Waals surface area contributed by atoms with Crippen molar-refractivity contribution >= 4 is 39.0 Å². The summed E-state index contributed by atoms with van der Waals surface area (Å²) in [6.07, 6.45) is -0.606. The third-order valence-corrected chi connectivity index (χ3v) is 4.67. The number of anilines is 2. The zero-order valence-corrected chi connectivity index (χ0v) is 15.3. The van der Waals surface area contributed by atoms with E-state index in [0.29, 0.717) is 27.5 Å². The highest BCUT2D eigenvalue weighted by molar-refractivity contribution is 6.13. The van der Waals surface area contributed by atoms with Crippen LogP contribution in [0.1, 0.15) is 6.92 Å². The van der Waals surface area contributed by atoms with Crippen molar-refractivity contribution in [2.45, 2.75) is 6.92 Å². The van der Waals surface area contributed by atoms with Crippen LogP contribution in [-0.2, 0) is 4.74 Å². The maximum absolute atomic E-state index is 13.0. The SMILES string of the molecule is CCOC(=O)N(c1c(O)ccc2ccccc12)c1ccc(O)c2ccccc12. The molecule has 140 valence electrons. The van der Waals surface area contributed by atoms with Gasteiger partial charge in [-0.05, 0) is 30.5 Å². The van der Waals surface area contributed by atoms with E-state index in [1.54, 1.807) is 31.2 Å². The molecule has 0 aliphatic rings. The fraction of sp³-hybridized carbons (Fsp3) is 0.0870. The van der Waals surface area contributed by atoms with Gasteiger partial charge in [-0.15, -0.1) is 0 Å². The van der Waals surface area contributed by atoms with Crippen LogP contribution >= 0.6 is 0 Å². The Bertz CT molecular complexity index is 1190. The number of aromatic hydroxyl groups is 2. The molecule has 0 unspecified atom stereocenters. The maximum Gasteiger partial charge on any atom is 0.419 e. The zero-order valence-electron chi connectivity index (χ0n) is 15.3. The number of phenols is 2. The molecular formula is C23H19NO4. The molecule has 0 aliphatic carbocycles. The highest BCUT2D eigenvalue weighted by Gasteiger charge is 2.26. The number of benzene rings is 4. The molecule has 0 aromatic heterocycles.